The van der Waals surface area contributed by atoms with Crippen molar-refractivity contribution in [2.45, 2.75) is 18.7 Å². The minimum atomic E-state index is -3.97. The van der Waals surface area contributed by atoms with Crippen LogP contribution in [0.2, 0.25) is 0 Å². The van der Waals surface area contributed by atoms with Crippen molar-refractivity contribution in [3.8, 4) is 0 Å². The Hall–Kier alpha value is -2.24. The van der Waals surface area contributed by atoms with Crippen molar-refractivity contribution in [2.75, 3.05) is 6.26 Å². The predicted molar refractivity (Wildman–Crippen MR) is 92.7 cm³/mol. The van der Waals surface area contributed by atoms with Gasteiger partial charge in [0.2, 0.25) is 21.2 Å². The third-order valence-electron chi connectivity index (χ3n) is 3.69. The second-order valence-corrected chi connectivity index (χ2v) is 9.16. The van der Waals surface area contributed by atoms with Crippen LogP contribution in [0.25, 0.3) is 11.0 Å². The quantitative estimate of drug-likeness (QED) is 0.700. The van der Waals surface area contributed by atoms with Crippen LogP contribution in [0.15, 0.2) is 38.8 Å². The average Bonchev–Trinajstić information content (AvgIpc) is 2.92. The number of carbonyl (C=O) groups excluding carboxylic acids is 1. The fraction of sp³-hybridized carbons (Fsp3) is 0.267. The van der Waals surface area contributed by atoms with E-state index in [1.54, 1.807) is 0 Å². The number of rotatable bonds is 2. The molecule has 1 amide bonds. The van der Waals surface area contributed by atoms with Crippen molar-refractivity contribution in [3.05, 3.63) is 46.1 Å². The van der Waals surface area contributed by atoms with E-state index in [0.29, 0.717) is 5.01 Å². The molecular weight excluding hydrogens is 387 g/mol. The molecule has 0 bridgehead atoms. The van der Waals surface area contributed by atoms with Crippen molar-refractivity contribution in [3.63, 3.8) is 0 Å². The maximum atomic E-state index is 13.5. The minimum Gasteiger partial charge on any atom is -0.608 e. The van der Waals surface area contributed by atoms with Gasteiger partial charge in [0.05, 0.1) is 16.6 Å². The molecule has 1 aliphatic rings. The van der Waals surface area contributed by atoms with Crippen LogP contribution in [0.1, 0.15) is 24.3 Å². The van der Waals surface area contributed by atoms with Crippen LogP contribution in [-0.2, 0) is 25.8 Å². The lowest BCUT2D eigenvalue weighted by Crippen LogP contribution is -2.34. The highest BCUT2D eigenvalue weighted by molar-refractivity contribution is 8.31. The summed E-state index contributed by atoms with van der Waals surface area (Å²) in [4.78, 5) is 24.9. The average molecular weight is 400 g/mol. The number of benzene rings is 1. The molecule has 0 aliphatic carbocycles. The van der Waals surface area contributed by atoms with E-state index in [2.05, 4.69) is 5.10 Å². The summed E-state index contributed by atoms with van der Waals surface area (Å²) in [6, 6.07) is 3.32. The van der Waals surface area contributed by atoms with E-state index in [9.17, 15) is 27.0 Å². The lowest BCUT2D eigenvalue weighted by molar-refractivity contribution is -0.131. The van der Waals surface area contributed by atoms with Crippen molar-refractivity contribution in [1.29, 1.82) is 0 Å². The summed E-state index contributed by atoms with van der Waals surface area (Å²) in [5.74, 6) is -1.30. The number of carbonyl (C=O) groups is 1. The number of sulfone groups is 1. The normalized spacial score (nSPS) is 20.5. The van der Waals surface area contributed by atoms with E-state index < -0.39 is 47.9 Å². The van der Waals surface area contributed by atoms with Crippen LogP contribution >= 0.6 is 0 Å². The molecule has 26 heavy (non-hydrogen) atoms. The smallest absolute Gasteiger partial charge is 0.356 e. The van der Waals surface area contributed by atoms with Crippen LogP contribution in [-0.4, -0.2) is 34.5 Å². The summed E-state index contributed by atoms with van der Waals surface area (Å²) in [5.41, 5.74) is -0.866. The molecule has 11 heteroatoms. The minimum absolute atomic E-state index is 0.0538. The van der Waals surface area contributed by atoms with Crippen molar-refractivity contribution < 1.29 is 26.6 Å². The molecule has 3 rings (SSSR count). The first-order valence-corrected chi connectivity index (χ1v) is 10.5. The van der Waals surface area contributed by atoms with Gasteiger partial charge in [0.15, 0.2) is 0 Å². The Bertz CT molecular complexity index is 1090. The molecule has 2 heterocycles. The summed E-state index contributed by atoms with van der Waals surface area (Å²) in [6.07, 6.45) is 1.74. The van der Waals surface area contributed by atoms with Gasteiger partial charge >= 0.3 is 4.38 Å². The third-order valence-corrected chi connectivity index (χ3v) is 7.09. The van der Waals surface area contributed by atoms with Crippen LogP contribution in [0.4, 0.5) is 4.39 Å². The molecule has 0 N–H and O–H groups in total. The number of fused-ring (bicyclic) bond motifs is 1. The molecule has 0 saturated heterocycles. The Morgan fingerprint density at radius 2 is 2.15 bits per heavy atom. The fourth-order valence-electron chi connectivity index (χ4n) is 2.47. The number of amides is 1. The van der Waals surface area contributed by atoms with Gasteiger partial charge in [-0.05, 0) is 18.2 Å². The summed E-state index contributed by atoms with van der Waals surface area (Å²) >= 11 is -2.32. The Labute approximate surface area is 150 Å². The van der Waals surface area contributed by atoms with Crippen LogP contribution in [0.5, 0.6) is 0 Å². The molecule has 0 saturated carbocycles. The molecule has 138 valence electrons. The van der Waals surface area contributed by atoms with E-state index >= 15 is 0 Å². The summed E-state index contributed by atoms with van der Waals surface area (Å²) in [5, 5.41) is 2.80. The molecule has 2 unspecified atom stereocenters. The zero-order valence-electron chi connectivity index (χ0n) is 13.6. The van der Waals surface area contributed by atoms with E-state index in [0.717, 1.165) is 24.7 Å². The summed E-state index contributed by atoms with van der Waals surface area (Å²) in [7, 11) is -3.97. The SMILES string of the molecule is CCC(=O)N1N=C(S(C)(=O)=O)[S+]([O-])C1c1coc2ccc(F)cc2c1=O. The second kappa shape index (κ2) is 6.49. The maximum absolute atomic E-state index is 13.5. The van der Waals surface area contributed by atoms with Crippen LogP contribution < -0.4 is 5.43 Å². The third kappa shape index (κ3) is 3.02. The molecular formula is C15H13FN2O6S2. The van der Waals surface area contributed by atoms with Crippen LogP contribution in [0, 0.1) is 5.82 Å². The number of hydrogen-bond acceptors (Lipinski definition) is 7. The van der Waals surface area contributed by atoms with Gasteiger partial charge in [-0.3, -0.25) is 9.59 Å². The van der Waals surface area contributed by atoms with E-state index in [1.165, 1.54) is 13.0 Å². The zero-order valence-corrected chi connectivity index (χ0v) is 15.3. The topological polar surface area (TPSA) is 120 Å². The molecule has 2 atom stereocenters. The number of hydrazone groups is 1. The van der Waals surface area contributed by atoms with Crippen molar-refractivity contribution in [2.24, 2.45) is 5.10 Å². The van der Waals surface area contributed by atoms with Gasteiger partial charge in [0, 0.05) is 12.7 Å². The second-order valence-electron chi connectivity index (χ2n) is 5.54. The molecule has 2 aromatic rings. The fourth-order valence-corrected chi connectivity index (χ4v) is 5.28. The van der Waals surface area contributed by atoms with Crippen molar-refractivity contribution in [1.82, 2.24) is 5.01 Å². The number of nitrogens with zero attached hydrogens (tertiary/aromatic N) is 2. The predicted octanol–water partition coefficient (Wildman–Crippen LogP) is 1.25. The first-order chi connectivity index (χ1) is 12.1. The standard InChI is InChI=1S/C15H13FN2O6S2/c1-3-12(19)18-14(25(21)15(17-18)26(2,22)23)10-7-24-11-5-4-8(16)6-9(11)13(10)20/h4-7,14H,3H2,1-2H3. The molecule has 1 aromatic heterocycles. The van der Waals surface area contributed by atoms with Gasteiger partial charge in [-0.1, -0.05) is 6.92 Å². The van der Waals surface area contributed by atoms with Gasteiger partial charge in [-0.25, -0.2) is 12.8 Å². The summed E-state index contributed by atoms with van der Waals surface area (Å²) < 4.78 is 54.4. The van der Waals surface area contributed by atoms with Crippen LogP contribution in [0.3, 0.4) is 0 Å². The van der Waals surface area contributed by atoms with E-state index in [-0.39, 0.29) is 23.0 Å². The van der Waals surface area contributed by atoms with Gasteiger partial charge < -0.3 is 8.97 Å². The maximum Gasteiger partial charge on any atom is 0.356 e. The van der Waals surface area contributed by atoms with Gasteiger partial charge in [0.1, 0.15) is 23.2 Å². The highest BCUT2D eigenvalue weighted by atomic mass is 32.3. The Kier molecular flexibility index (Phi) is 4.63. The number of hydrogen-bond donors (Lipinski definition) is 0. The molecule has 0 radical (unpaired) electrons. The molecule has 0 spiro atoms. The van der Waals surface area contributed by atoms with E-state index in [4.69, 9.17) is 4.42 Å². The Morgan fingerprint density at radius 1 is 1.46 bits per heavy atom. The van der Waals surface area contributed by atoms with Crippen molar-refractivity contribution >= 4 is 42.3 Å². The Balaban J connectivity index is 2.21. The van der Waals surface area contributed by atoms with Gasteiger partial charge in [-0.2, -0.15) is 5.01 Å². The Morgan fingerprint density at radius 3 is 2.77 bits per heavy atom. The van der Waals surface area contributed by atoms with E-state index in [1.807, 2.05) is 0 Å². The summed E-state index contributed by atoms with van der Waals surface area (Å²) in [6.45, 7) is 1.51. The molecule has 1 aromatic carbocycles. The lowest BCUT2D eigenvalue weighted by Gasteiger charge is -2.19. The number of halogens is 1. The monoisotopic (exact) mass is 400 g/mol. The first kappa shape index (κ1) is 18.5. The highest BCUT2D eigenvalue weighted by Gasteiger charge is 2.50. The first-order valence-electron chi connectivity index (χ1n) is 7.37. The van der Waals surface area contributed by atoms with Gasteiger partial charge in [0.25, 0.3) is 5.37 Å². The van der Waals surface area contributed by atoms with Gasteiger partial charge in [-0.15, -0.1) is 5.10 Å². The zero-order chi connectivity index (χ0) is 19.2. The lowest BCUT2D eigenvalue weighted by atomic mass is 10.1. The molecule has 8 nitrogen and oxygen atoms in total. The largest absolute Gasteiger partial charge is 0.608 e. The highest BCUT2D eigenvalue weighted by Crippen LogP contribution is 2.35. The molecule has 0 fully saturated rings. The molecule has 1 aliphatic heterocycles.